The lowest BCUT2D eigenvalue weighted by Crippen LogP contribution is -2.67. The number of aliphatic hydroxyl groups excluding tert-OH is 13. The van der Waals surface area contributed by atoms with Crippen LogP contribution in [0.4, 0.5) is 0 Å². The lowest BCUT2D eigenvalue weighted by Gasteiger charge is -2.62. The molecular weight excluding hydrogens is 993 g/mol. The third-order valence-electron chi connectivity index (χ3n) is 19.9. The lowest BCUT2D eigenvalue weighted by atomic mass is 9.44. The molecule has 9 rings (SSSR count). The van der Waals surface area contributed by atoms with Crippen LogP contribution in [0.5, 0.6) is 0 Å². The van der Waals surface area contributed by atoms with E-state index in [0.29, 0.717) is 31.1 Å². The average Bonchev–Trinajstić information content (AvgIpc) is 3.93. The van der Waals surface area contributed by atoms with Crippen molar-refractivity contribution in [1.82, 2.24) is 0 Å². The molecule has 5 heterocycles. The van der Waals surface area contributed by atoms with Crippen LogP contribution in [0.25, 0.3) is 0 Å². The van der Waals surface area contributed by atoms with Gasteiger partial charge in [-0.15, -0.1) is 0 Å². The second-order valence-corrected chi connectivity index (χ2v) is 24.3. The maximum atomic E-state index is 12.2. The summed E-state index contributed by atoms with van der Waals surface area (Å²) in [5.74, 6) is 1.87. The first-order chi connectivity index (χ1) is 35.4. The zero-order chi connectivity index (χ0) is 54.4. The van der Waals surface area contributed by atoms with Crippen LogP contribution >= 0.6 is 0 Å². The molecule has 0 bridgehead atoms. The number of aliphatic hydroxyl groups is 13. The van der Waals surface area contributed by atoms with Crippen molar-refractivity contribution in [3.63, 3.8) is 0 Å². The minimum absolute atomic E-state index is 0.0586. The van der Waals surface area contributed by atoms with Crippen molar-refractivity contribution in [2.45, 2.75) is 240 Å². The molecule has 0 aromatic heterocycles. The molecular formula is C52H86O23. The molecule has 23 heteroatoms. The normalized spacial score (nSPS) is 55.9. The number of hydrogen-bond donors (Lipinski definition) is 13. The molecule has 0 aromatic rings. The fourth-order valence-electron chi connectivity index (χ4n) is 15.4. The van der Waals surface area contributed by atoms with E-state index in [4.69, 9.17) is 47.4 Å². The van der Waals surface area contributed by atoms with Gasteiger partial charge in [-0.05, 0) is 119 Å². The number of ether oxygens (including phenoxy) is 10. The Morgan fingerprint density at radius 3 is 1.81 bits per heavy atom. The van der Waals surface area contributed by atoms with Crippen LogP contribution in [0.3, 0.4) is 0 Å². The van der Waals surface area contributed by atoms with Crippen LogP contribution in [0.15, 0.2) is 11.8 Å². The van der Waals surface area contributed by atoms with Crippen molar-refractivity contribution in [2.75, 3.05) is 26.9 Å². The Labute approximate surface area is 437 Å². The molecule has 5 aliphatic heterocycles. The Hall–Kier alpha value is -1.34. The minimum atomic E-state index is -1.79. The first kappa shape index (κ1) is 58.3. The maximum Gasteiger partial charge on any atom is 0.187 e. The fraction of sp³-hybridized carbons (Fsp3) is 0.962. The summed E-state index contributed by atoms with van der Waals surface area (Å²) in [6.45, 7) is 10.6. The second-order valence-electron chi connectivity index (χ2n) is 24.3. The number of rotatable bonds is 14. The van der Waals surface area contributed by atoms with Crippen molar-refractivity contribution in [3.05, 3.63) is 11.8 Å². The highest BCUT2D eigenvalue weighted by atomic mass is 16.8. The molecule has 432 valence electrons. The smallest absolute Gasteiger partial charge is 0.187 e. The molecule has 4 saturated carbocycles. The molecule has 23 nitrogen and oxygen atoms in total. The van der Waals surface area contributed by atoms with Crippen LogP contribution in [0, 0.1) is 46.3 Å². The molecule has 32 atom stereocenters. The van der Waals surface area contributed by atoms with Crippen molar-refractivity contribution < 1.29 is 114 Å². The molecule has 0 amide bonds. The van der Waals surface area contributed by atoms with Gasteiger partial charge >= 0.3 is 0 Å². The summed E-state index contributed by atoms with van der Waals surface area (Å²) in [5, 5.41) is 139. The standard InChI is InChI=1S/C52H86O23/c1-20(19-67-46-39(62)38(61)35(58)30(17-53)72-46)8-11-32-52(6,66-7)45-29(70-32)15-26-24-10-9-23-14-28(27(55)16-51(23,5)25(24)12-13-50(26,45)4)71-49-44(75-48-41(64)37(60)34(57)22(3)69-48)42(65)43(31(18-54)73-49)74-47-40(63)36(59)33(56)21(2)68-47/h11,20-31,33-49,53-65H,8-10,12-19H2,1-7H3/b32-11-/t20-,21-,22-,23-,24+,25-,26-,27+,28?,29-,30+,31+,33-,34-,35+,36+,37+,38-,39+,40+,41+,42-,43+,44+,45-,46+,47-,48-,49+,50-,51-,52+/m0/s1. The van der Waals surface area contributed by atoms with Crippen LogP contribution in [-0.2, 0) is 47.4 Å². The highest BCUT2D eigenvalue weighted by Crippen LogP contribution is 2.71. The second kappa shape index (κ2) is 22.5. The topological polar surface area (TPSA) is 355 Å². The SMILES string of the molecule is CO[C@]1(C)/C(=C/C[C@H](C)CO[C@@H]2O[C@H](CO)[C@@H](O)[C@H](O)[C@H]2O)O[C@H]2C[C@H]3[C@@H]4CC[C@H]5CC(O[C@@H]6O[C@H](CO)[C@@H](O[C@@H]7O[C@@H](C)[C@H](O)[C@@H](O)[C@H]7O)[C@H](O)[C@H]6O[C@@H]6O[C@@H](C)[C@H](O)[C@@H](O)[C@H]6O)[C@H](O)C[C@]5(C)[C@H]4CC[C@]3(C)[C@H]21. The first-order valence-corrected chi connectivity index (χ1v) is 27.2. The Kier molecular flexibility index (Phi) is 17.5. The maximum absolute atomic E-state index is 12.2. The van der Waals surface area contributed by atoms with Crippen molar-refractivity contribution in [2.24, 2.45) is 46.3 Å². The minimum Gasteiger partial charge on any atom is -0.492 e. The number of hydrogen-bond acceptors (Lipinski definition) is 23. The Morgan fingerprint density at radius 1 is 0.613 bits per heavy atom. The molecule has 9 aliphatic rings. The van der Waals surface area contributed by atoms with Gasteiger partial charge in [-0.3, -0.25) is 0 Å². The van der Waals surface area contributed by atoms with E-state index >= 15 is 0 Å². The molecule has 0 aromatic carbocycles. The fourth-order valence-corrected chi connectivity index (χ4v) is 15.4. The quantitative estimate of drug-likeness (QED) is 0.0810. The van der Waals surface area contributed by atoms with Crippen LogP contribution in [-0.4, -0.2) is 240 Å². The van der Waals surface area contributed by atoms with Gasteiger partial charge in [0.25, 0.3) is 0 Å². The summed E-state index contributed by atoms with van der Waals surface area (Å²) < 4.78 is 61.1. The van der Waals surface area contributed by atoms with Crippen LogP contribution in [0.2, 0.25) is 0 Å². The monoisotopic (exact) mass is 1080 g/mol. The van der Waals surface area contributed by atoms with Gasteiger partial charge in [0.1, 0.15) is 103 Å². The summed E-state index contributed by atoms with van der Waals surface area (Å²) in [5.41, 5.74) is -1.10. The van der Waals surface area contributed by atoms with E-state index in [0.717, 1.165) is 37.9 Å². The van der Waals surface area contributed by atoms with Gasteiger partial charge in [0, 0.05) is 13.0 Å². The molecule has 75 heavy (non-hydrogen) atoms. The highest BCUT2D eigenvalue weighted by Gasteiger charge is 2.70. The third-order valence-corrected chi connectivity index (χ3v) is 19.9. The van der Waals surface area contributed by atoms with E-state index in [2.05, 4.69) is 26.8 Å². The van der Waals surface area contributed by atoms with E-state index in [1.54, 1.807) is 7.11 Å². The first-order valence-electron chi connectivity index (χ1n) is 27.2. The zero-order valence-electron chi connectivity index (χ0n) is 44.0. The predicted molar refractivity (Wildman–Crippen MR) is 255 cm³/mol. The largest absolute Gasteiger partial charge is 0.492 e. The van der Waals surface area contributed by atoms with E-state index in [-0.39, 0.29) is 47.2 Å². The molecule has 9 fully saturated rings. The van der Waals surface area contributed by atoms with Gasteiger partial charge < -0.3 is 114 Å². The zero-order valence-corrected chi connectivity index (χ0v) is 44.0. The predicted octanol–water partition coefficient (Wildman–Crippen LogP) is -2.35. The summed E-state index contributed by atoms with van der Waals surface area (Å²) in [6.07, 6.45) is -23.6. The average molecular weight is 1080 g/mol. The number of allylic oxidation sites excluding steroid dienone is 1. The Balaban J connectivity index is 0.867. The van der Waals surface area contributed by atoms with Gasteiger partial charge in [-0.25, -0.2) is 0 Å². The molecule has 1 unspecified atom stereocenters. The van der Waals surface area contributed by atoms with Crippen molar-refractivity contribution in [3.8, 4) is 0 Å². The molecule has 5 saturated heterocycles. The summed E-state index contributed by atoms with van der Waals surface area (Å²) in [4.78, 5) is 0. The summed E-state index contributed by atoms with van der Waals surface area (Å²) in [6, 6.07) is 0. The van der Waals surface area contributed by atoms with Gasteiger partial charge in [0.05, 0.1) is 44.2 Å². The summed E-state index contributed by atoms with van der Waals surface area (Å²) in [7, 11) is 1.73. The number of fused-ring (bicyclic) bond motifs is 7. The van der Waals surface area contributed by atoms with Crippen LogP contribution < -0.4 is 0 Å². The van der Waals surface area contributed by atoms with E-state index in [9.17, 15) is 66.4 Å². The Bertz CT molecular complexity index is 1950. The van der Waals surface area contributed by atoms with E-state index in [1.165, 1.54) is 13.8 Å². The van der Waals surface area contributed by atoms with Gasteiger partial charge in [0.2, 0.25) is 0 Å². The summed E-state index contributed by atoms with van der Waals surface area (Å²) >= 11 is 0. The van der Waals surface area contributed by atoms with Crippen molar-refractivity contribution >= 4 is 0 Å². The Morgan fingerprint density at radius 2 is 1.20 bits per heavy atom. The van der Waals surface area contributed by atoms with E-state index in [1.807, 2.05) is 6.92 Å². The van der Waals surface area contributed by atoms with Gasteiger partial charge in [-0.2, -0.15) is 0 Å². The van der Waals surface area contributed by atoms with E-state index < -0.39 is 154 Å². The van der Waals surface area contributed by atoms with Crippen molar-refractivity contribution in [1.29, 1.82) is 0 Å². The molecule has 0 spiro atoms. The molecule has 0 radical (unpaired) electrons. The highest BCUT2D eigenvalue weighted by molar-refractivity contribution is 5.27. The van der Waals surface area contributed by atoms with Crippen LogP contribution in [0.1, 0.15) is 92.9 Å². The van der Waals surface area contributed by atoms with Gasteiger partial charge in [-0.1, -0.05) is 20.8 Å². The van der Waals surface area contributed by atoms with Gasteiger partial charge in [0.15, 0.2) is 25.2 Å². The number of methoxy groups -OCH3 is 1. The third kappa shape index (κ3) is 10.3. The molecule has 4 aliphatic carbocycles. The molecule has 13 N–H and O–H groups in total. The lowest BCUT2D eigenvalue weighted by molar-refractivity contribution is -0.391.